The minimum Gasteiger partial charge on any atom is -0.381 e. The molecule has 6 nitrogen and oxygen atoms in total. The second-order valence-electron chi connectivity index (χ2n) is 7.15. The number of nitrogens with zero attached hydrogens (tertiary/aromatic N) is 1. The molecule has 7 heteroatoms. The highest BCUT2D eigenvalue weighted by molar-refractivity contribution is 7.84. The SMILES string of the molecule is Cc1ccc(-c2cc(CC3(C(=O)NCC[S@@](C)=O)CCOCC3)on2)cc1. The van der Waals surface area contributed by atoms with Gasteiger partial charge in [0.1, 0.15) is 11.5 Å². The first kappa shape index (κ1) is 19.8. The van der Waals surface area contributed by atoms with E-state index in [4.69, 9.17) is 9.26 Å². The van der Waals surface area contributed by atoms with Gasteiger partial charge in [-0.15, -0.1) is 0 Å². The lowest BCUT2D eigenvalue weighted by atomic mass is 9.75. The highest BCUT2D eigenvalue weighted by Crippen LogP contribution is 2.35. The van der Waals surface area contributed by atoms with Crippen molar-refractivity contribution < 1.29 is 18.3 Å². The van der Waals surface area contributed by atoms with E-state index in [-0.39, 0.29) is 5.91 Å². The Labute approximate surface area is 162 Å². The Bertz CT molecular complexity index is 795. The van der Waals surface area contributed by atoms with Gasteiger partial charge in [0.2, 0.25) is 5.91 Å². The zero-order chi connectivity index (χ0) is 19.3. The van der Waals surface area contributed by atoms with Crippen molar-refractivity contribution in [2.75, 3.05) is 31.8 Å². The van der Waals surface area contributed by atoms with Crippen molar-refractivity contribution in [3.05, 3.63) is 41.7 Å². The lowest BCUT2D eigenvalue weighted by Crippen LogP contribution is -2.47. The molecule has 1 aliphatic heterocycles. The van der Waals surface area contributed by atoms with Crippen LogP contribution in [-0.2, 0) is 26.8 Å². The Balaban J connectivity index is 1.73. The molecule has 1 saturated heterocycles. The molecule has 1 fully saturated rings. The van der Waals surface area contributed by atoms with Crippen molar-refractivity contribution >= 4 is 16.7 Å². The highest BCUT2D eigenvalue weighted by Gasteiger charge is 2.41. The van der Waals surface area contributed by atoms with Crippen LogP contribution in [0.5, 0.6) is 0 Å². The molecule has 0 bridgehead atoms. The zero-order valence-electron chi connectivity index (χ0n) is 15.8. The van der Waals surface area contributed by atoms with Gasteiger partial charge in [-0.25, -0.2) is 0 Å². The summed E-state index contributed by atoms with van der Waals surface area (Å²) >= 11 is 0. The van der Waals surface area contributed by atoms with Crippen LogP contribution in [0.15, 0.2) is 34.9 Å². The Morgan fingerprint density at radius 1 is 1.26 bits per heavy atom. The maximum Gasteiger partial charge on any atom is 0.226 e. The molecule has 1 N–H and O–H groups in total. The van der Waals surface area contributed by atoms with Crippen LogP contribution in [0.4, 0.5) is 0 Å². The molecule has 27 heavy (non-hydrogen) atoms. The molecule has 2 heterocycles. The minimum atomic E-state index is -0.926. The third-order valence-electron chi connectivity index (χ3n) is 5.03. The van der Waals surface area contributed by atoms with Crippen molar-refractivity contribution in [1.29, 1.82) is 0 Å². The number of aryl methyl sites for hydroxylation is 1. The fraction of sp³-hybridized carbons (Fsp3) is 0.500. The van der Waals surface area contributed by atoms with E-state index in [9.17, 15) is 9.00 Å². The topological polar surface area (TPSA) is 81.4 Å². The standard InChI is InChI=1S/C20H26N2O4S/c1-15-3-5-16(6-4-15)18-13-17(26-22-18)14-20(7-10-25-11-8-20)19(23)21-9-12-27(2)24/h3-6,13H,7-12,14H2,1-2H3,(H,21,23)/t27-/m1/s1. The van der Waals surface area contributed by atoms with Gasteiger partial charge in [0.25, 0.3) is 0 Å². The number of hydrogen-bond acceptors (Lipinski definition) is 5. The third kappa shape index (κ3) is 5.05. The predicted octanol–water partition coefficient (Wildman–Crippen LogP) is 2.48. The van der Waals surface area contributed by atoms with E-state index in [0.29, 0.717) is 50.5 Å². The number of aromatic nitrogens is 1. The van der Waals surface area contributed by atoms with Gasteiger partial charge in [0, 0.05) is 60.6 Å². The van der Waals surface area contributed by atoms with Gasteiger partial charge < -0.3 is 14.6 Å². The average Bonchev–Trinajstić information content (AvgIpc) is 3.11. The largest absolute Gasteiger partial charge is 0.381 e. The van der Waals surface area contributed by atoms with Crippen LogP contribution in [0.2, 0.25) is 0 Å². The summed E-state index contributed by atoms with van der Waals surface area (Å²) in [5.74, 6) is 1.13. The fourth-order valence-corrected chi connectivity index (χ4v) is 3.72. The summed E-state index contributed by atoms with van der Waals surface area (Å²) in [6.07, 6.45) is 3.39. The molecule has 146 valence electrons. The molecule has 1 aromatic heterocycles. The Hall–Kier alpha value is -1.99. The number of carbonyl (C=O) groups excluding carboxylic acids is 1. The van der Waals surface area contributed by atoms with Crippen LogP contribution < -0.4 is 5.32 Å². The smallest absolute Gasteiger partial charge is 0.226 e. The van der Waals surface area contributed by atoms with Crippen molar-refractivity contribution in [3.63, 3.8) is 0 Å². The third-order valence-corrected chi connectivity index (χ3v) is 5.80. The molecule has 0 saturated carbocycles. The summed E-state index contributed by atoms with van der Waals surface area (Å²) in [5.41, 5.74) is 2.38. The molecule has 1 amide bonds. The maximum atomic E-state index is 12.9. The van der Waals surface area contributed by atoms with E-state index >= 15 is 0 Å². The number of amides is 1. The first-order valence-corrected chi connectivity index (χ1v) is 10.9. The number of rotatable bonds is 7. The number of carbonyl (C=O) groups is 1. The van der Waals surface area contributed by atoms with Gasteiger partial charge in [-0.3, -0.25) is 9.00 Å². The summed E-state index contributed by atoms with van der Waals surface area (Å²) < 4.78 is 22.3. The fourth-order valence-electron chi connectivity index (χ4n) is 3.33. The Kier molecular flexibility index (Phi) is 6.44. The van der Waals surface area contributed by atoms with Crippen LogP contribution in [-0.4, -0.2) is 47.0 Å². The van der Waals surface area contributed by atoms with Crippen molar-refractivity contribution in [2.24, 2.45) is 5.41 Å². The van der Waals surface area contributed by atoms with Crippen LogP contribution in [0.3, 0.4) is 0 Å². The average molecular weight is 391 g/mol. The Morgan fingerprint density at radius 3 is 2.63 bits per heavy atom. The molecular formula is C20H26N2O4S. The molecule has 1 aromatic carbocycles. The van der Waals surface area contributed by atoms with Gasteiger partial charge in [-0.2, -0.15) is 0 Å². The van der Waals surface area contributed by atoms with E-state index in [1.165, 1.54) is 5.56 Å². The van der Waals surface area contributed by atoms with Gasteiger partial charge in [0.15, 0.2) is 0 Å². The summed E-state index contributed by atoms with van der Waals surface area (Å²) in [5, 5.41) is 7.12. The van der Waals surface area contributed by atoms with Crippen molar-refractivity contribution in [2.45, 2.75) is 26.2 Å². The van der Waals surface area contributed by atoms with E-state index in [2.05, 4.69) is 10.5 Å². The van der Waals surface area contributed by atoms with E-state index in [1.54, 1.807) is 6.26 Å². The van der Waals surface area contributed by atoms with Crippen molar-refractivity contribution in [3.8, 4) is 11.3 Å². The van der Waals surface area contributed by atoms with Gasteiger partial charge in [0.05, 0.1) is 5.41 Å². The quantitative estimate of drug-likeness (QED) is 0.785. The molecule has 3 rings (SSSR count). The number of ether oxygens (including phenoxy) is 1. The van der Waals surface area contributed by atoms with E-state index in [1.807, 2.05) is 37.3 Å². The van der Waals surface area contributed by atoms with Crippen LogP contribution in [0.1, 0.15) is 24.2 Å². The summed E-state index contributed by atoms with van der Waals surface area (Å²) in [7, 11) is -0.926. The zero-order valence-corrected chi connectivity index (χ0v) is 16.6. The van der Waals surface area contributed by atoms with E-state index in [0.717, 1.165) is 11.3 Å². The first-order valence-electron chi connectivity index (χ1n) is 9.17. The second kappa shape index (κ2) is 8.80. The maximum absolute atomic E-state index is 12.9. The molecule has 2 aromatic rings. The lowest BCUT2D eigenvalue weighted by Gasteiger charge is -2.35. The molecular weight excluding hydrogens is 364 g/mol. The van der Waals surface area contributed by atoms with Crippen LogP contribution >= 0.6 is 0 Å². The van der Waals surface area contributed by atoms with Gasteiger partial charge in [-0.05, 0) is 19.8 Å². The summed E-state index contributed by atoms with van der Waals surface area (Å²) in [4.78, 5) is 12.9. The molecule has 0 spiro atoms. The molecule has 0 unspecified atom stereocenters. The van der Waals surface area contributed by atoms with Crippen molar-refractivity contribution in [1.82, 2.24) is 10.5 Å². The van der Waals surface area contributed by atoms with Crippen LogP contribution in [0.25, 0.3) is 11.3 Å². The number of nitrogens with one attached hydrogen (secondary N) is 1. The first-order chi connectivity index (χ1) is 13.0. The second-order valence-corrected chi connectivity index (χ2v) is 8.70. The predicted molar refractivity (Wildman–Crippen MR) is 105 cm³/mol. The molecule has 0 radical (unpaired) electrons. The monoisotopic (exact) mass is 390 g/mol. The Morgan fingerprint density at radius 2 is 1.96 bits per heavy atom. The highest BCUT2D eigenvalue weighted by atomic mass is 32.2. The summed E-state index contributed by atoms with van der Waals surface area (Å²) in [6, 6.07) is 10.0. The van der Waals surface area contributed by atoms with Gasteiger partial charge >= 0.3 is 0 Å². The molecule has 0 aliphatic carbocycles. The number of benzene rings is 1. The van der Waals surface area contributed by atoms with Gasteiger partial charge in [-0.1, -0.05) is 35.0 Å². The lowest BCUT2D eigenvalue weighted by molar-refractivity contribution is -0.136. The van der Waals surface area contributed by atoms with Crippen LogP contribution in [0, 0.1) is 12.3 Å². The summed E-state index contributed by atoms with van der Waals surface area (Å²) in [6.45, 7) is 3.55. The normalized spacial score (nSPS) is 17.4. The minimum absolute atomic E-state index is 0.0236. The molecule has 1 aliphatic rings. The number of hydrogen-bond donors (Lipinski definition) is 1. The molecule has 1 atom stereocenters. The van der Waals surface area contributed by atoms with E-state index < -0.39 is 16.2 Å².